The van der Waals surface area contributed by atoms with Gasteiger partial charge in [-0.2, -0.15) is 4.98 Å². The SMILES string of the molecule is CC(c1nc(-c2ccc(O)cc2)no1)S(C)(=O)=O. The summed E-state index contributed by atoms with van der Waals surface area (Å²) in [6.45, 7) is 1.49. The summed E-state index contributed by atoms with van der Waals surface area (Å²) in [6, 6.07) is 6.22. The van der Waals surface area contributed by atoms with Crippen LogP contribution in [0.15, 0.2) is 28.8 Å². The third kappa shape index (κ3) is 2.51. The van der Waals surface area contributed by atoms with Crippen LogP contribution in [0.1, 0.15) is 18.1 Å². The number of nitrogens with zero attached hydrogens (tertiary/aromatic N) is 2. The number of aromatic hydroxyl groups is 1. The molecular weight excluding hydrogens is 256 g/mol. The molecule has 7 heteroatoms. The highest BCUT2D eigenvalue weighted by Gasteiger charge is 2.24. The molecule has 0 aliphatic heterocycles. The molecule has 0 saturated heterocycles. The molecule has 1 aromatic carbocycles. The first-order valence-corrected chi connectivity index (χ1v) is 7.15. The van der Waals surface area contributed by atoms with E-state index in [9.17, 15) is 8.42 Å². The molecule has 0 bridgehead atoms. The lowest BCUT2D eigenvalue weighted by molar-refractivity contribution is 0.377. The fourth-order valence-corrected chi connectivity index (χ4v) is 1.77. The summed E-state index contributed by atoms with van der Waals surface area (Å²) >= 11 is 0. The lowest BCUT2D eigenvalue weighted by Gasteiger charge is -2.01. The van der Waals surface area contributed by atoms with Crippen LogP contribution in [0.3, 0.4) is 0 Å². The molecule has 1 N–H and O–H groups in total. The zero-order valence-corrected chi connectivity index (χ0v) is 10.7. The van der Waals surface area contributed by atoms with Crippen molar-refractivity contribution in [1.82, 2.24) is 10.1 Å². The van der Waals surface area contributed by atoms with Crippen molar-refractivity contribution in [2.75, 3.05) is 6.26 Å². The molecule has 96 valence electrons. The number of phenolic OH excluding ortho intramolecular Hbond substituents is 1. The smallest absolute Gasteiger partial charge is 0.244 e. The fraction of sp³-hybridized carbons (Fsp3) is 0.273. The number of sulfone groups is 1. The van der Waals surface area contributed by atoms with E-state index in [1.54, 1.807) is 12.1 Å². The quantitative estimate of drug-likeness (QED) is 0.907. The van der Waals surface area contributed by atoms with E-state index in [2.05, 4.69) is 10.1 Å². The van der Waals surface area contributed by atoms with Crippen LogP contribution in [-0.2, 0) is 9.84 Å². The van der Waals surface area contributed by atoms with E-state index in [-0.39, 0.29) is 11.6 Å². The Hall–Kier alpha value is -1.89. The number of hydrogen-bond acceptors (Lipinski definition) is 6. The molecule has 0 fully saturated rings. The zero-order valence-electron chi connectivity index (χ0n) is 9.86. The van der Waals surface area contributed by atoms with Crippen molar-refractivity contribution < 1.29 is 18.0 Å². The van der Waals surface area contributed by atoms with E-state index in [1.807, 2.05) is 0 Å². The van der Waals surface area contributed by atoms with Crippen LogP contribution in [0.5, 0.6) is 5.75 Å². The Bertz CT molecular complexity index is 646. The summed E-state index contributed by atoms with van der Waals surface area (Å²) in [5.41, 5.74) is 0.642. The molecule has 0 amide bonds. The lowest BCUT2D eigenvalue weighted by atomic mass is 10.2. The van der Waals surface area contributed by atoms with Gasteiger partial charge in [0.2, 0.25) is 11.7 Å². The largest absolute Gasteiger partial charge is 0.508 e. The van der Waals surface area contributed by atoms with Crippen molar-refractivity contribution in [3.63, 3.8) is 0 Å². The molecule has 0 spiro atoms. The molecule has 18 heavy (non-hydrogen) atoms. The third-order valence-electron chi connectivity index (χ3n) is 2.56. The maximum atomic E-state index is 11.4. The van der Waals surface area contributed by atoms with Gasteiger partial charge in [-0.05, 0) is 31.2 Å². The van der Waals surface area contributed by atoms with Crippen molar-refractivity contribution in [3.8, 4) is 17.1 Å². The second-order valence-corrected chi connectivity index (χ2v) is 6.34. The molecule has 1 aromatic heterocycles. The Morgan fingerprint density at radius 3 is 2.44 bits per heavy atom. The summed E-state index contributed by atoms with van der Waals surface area (Å²) in [5.74, 6) is 0.480. The Morgan fingerprint density at radius 1 is 1.28 bits per heavy atom. The molecule has 1 atom stereocenters. The van der Waals surface area contributed by atoms with Crippen LogP contribution in [0.2, 0.25) is 0 Å². The minimum Gasteiger partial charge on any atom is -0.508 e. The van der Waals surface area contributed by atoms with Gasteiger partial charge < -0.3 is 9.63 Å². The van der Waals surface area contributed by atoms with Crippen LogP contribution in [0, 0.1) is 0 Å². The Kier molecular flexibility index (Phi) is 3.08. The maximum absolute atomic E-state index is 11.4. The molecule has 2 rings (SSSR count). The highest BCUT2D eigenvalue weighted by atomic mass is 32.2. The molecule has 1 unspecified atom stereocenters. The lowest BCUT2D eigenvalue weighted by Crippen LogP contribution is -2.07. The van der Waals surface area contributed by atoms with Gasteiger partial charge in [-0.25, -0.2) is 8.42 Å². The first-order valence-electron chi connectivity index (χ1n) is 5.20. The van der Waals surface area contributed by atoms with E-state index in [4.69, 9.17) is 9.63 Å². The minimum absolute atomic E-state index is 0.0561. The van der Waals surface area contributed by atoms with E-state index >= 15 is 0 Å². The van der Waals surface area contributed by atoms with Crippen LogP contribution in [0.25, 0.3) is 11.4 Å². The summed E-state index contributed by atoms with van der Waals surface area (Å²) in [5, 5.41) is 12.0. The molecule has 1 heterocycles. The number of rotatable bonds is 3. The van der Waals surface area contributed by atoms with Gasteiger partial charge in [0.05, 0.1) is 0 Å². The normalized spacial score (nSPS) is 13.4. The molecule has 0 saturated carbocycles. The minimum atomic E-state index is -3.27. The molecule has 0 aliphatic carbocycles. The van der Waals surface area contributed by atoms with Crippen molar-refractivity contribution >= 4 is 9.84 Å². The summed E-state index contributed by atoms with van der Waals surface area (Å²) in [4.78, 5) is 4.04. The fourth-order valence-electron chi connectivity index (χ4n) is 1.31. The van der Waals surface area contributed by atoms with Gasteiger partial charge in [0.15, 0.2) is 9.84 Å². The van der Waals surface area contributed by atoms with Gasteiger partial charge in [0.1, 0.15) is 11.0 Å². The second kappa shape index (κ2) is 4.41. The van der Waals surface area contributed by atoms with Crippen LogP contribution in [0.4, 0.5) is 0 Å². The Morgan fingerprint density at radius 2 is 1.89 bits per heavy atom. The first-order chi connectivity index (χ1) is 8.38. The maximum Gasteiger partial charge on any atom is 0.244 e. The number of phenols is 1. The Balaban J connectivity index is 2.34. The van der Waals surface area contributed by atoms with Gasteiger partial charge in [-0.1, -0.05) is 5.16 Å². The van der Waals surface area contributed by atoms with Crippen molar-refractivity contribution in [2.24, 2.45) is 0 Å². The predicted octanol–water partition coefficient (Wildman–Crippen LogP) is 1.55. The zero-order chi connectivity index (χ0) is 13.3. The van der Waals surface area contributed by atoms with Gasteiger partial charge in [0, 0.05) is 11.8 Å². The summed E-state index contributed by atoms with van der Waals surface area (Å²) in [7, 11) is -3.27. The standard InChI is InChI=1S/C11H12N2O4S/c1-7(18(2,15)16)11-12-10(13-17-11)8-3-5-9(14)6-4-8/h3-7,14H,1-2H3. The molecule has 0 aliphatic rings. The first kappa shape index (κ1) is 12.6. The molecule has 6 nitrogen and oxygen atoms in total. The summed E-state index contributed by atoms with van der Waals surface area (Å²) < 4.78 is 27.7. The average molecular weight is 268 g/mol. The van der Waals surface area contributed by atoms with Crippen molar-refractivity contribution in [3.05, 3.63) is 30.2 Å². The van der Waals surface area contributed by atoms with Gasteiger partial charge in [-0.3, -0.25) is 0 Å². The predicted molar refractivity (Wildman–Crippen MR) is 64.7 cm³/mol. The topological polar surface area (TPSA) is 93.3 Å². The van der Waals surface area contributed by atoms with Gasteiger partial charge in [-0.15, -0.1) is 0 Å². The van der Waals surface area contributed by atoms with E-state index in [1.165, 1.54) is 19.1 Å². The Labute approximate surface area is 104 Å². The molecule has 0 radical (unpaired) electrons. The second-order valence-electron chi connectivity index (χ2n) is 3.97. The van der Waals surface area contributed by atoms with Crippen LogP contribution >= 0.6 is 0 Å². The van der Waals surface area contributed by atoms with Crippen LogP contribution in [-0.4, -0.2) is 29.9 Å². The highest BCUT2D eigenvalue weighted by Crippen LogP contribution is 2.23. The molecular formula is C11H12N2O4S. The van der Waals surface area contributed by atoms with E-state index < -0.39 is 15.1 Å². The van der Waals surface area contributed by atoms with Crippen molar-refractivity contribution in [1.29, 1.82) is 0 Å². The van der Waals surface area contributed by atoms with Gasteiger partial charge >= 0.3 is 0 Å². The third-order valence-corrected chi connectivity index (χ3v) is 4.04. The number of aromatic nitrogens is 2. The van der Waals surface area contributed by atoms with E-state index in [0.717, 1.165) is 6.26 Å². The number of benzene rings is 1. The summed E-state index contributed by atoms with van der Waals surface area (Å²) in [6.07, 6.45) is 1.11. The van der Waals surface area contributed by atoms with Crippen LogP contribution < -0.4 is 0 Å². The number of hydrogen-bond donors (Lipinski definition) is 1. The van der Waals surface area contributed by atoms with Gasteiger partial charge in [0.25, 0.3) is 0 Å². The molecule has 2 aromatic rings. The monoisotopic (exact) mass is 268 g/mol. The average Bonchev–Trinajstić information content (AvgIpc) is 2.77. The highest BCUT2D eigenvalue weighted by molar-refractivity contribution is 7.90. The van der Waals surface area contributed by atoms with Crippen molar-refractivity contribution in [2.45, 2.75) is 12.2 Å². The van der Waals surface area contributed by atoms with E-state index in [0.29, 0.717) is 11.4 Å².